The van der Waals surface area contributed by atoms with E-state index in [1.54, 1.807) is 18.2 Å². The Hall–Kier alpha value is -1.44. The van der Waals surface area contributed by atoms with Crippen molar-refractivity contribution in [2.75, 3.05) is 0 Å². The Labute approximate surface area is 113 Å². The summed E-state index contributed by atoms with van der Waals surface area (Å²) in [4.78, 5) is 3.73. The summed E-state index contributed by atoms with van der Waals surface area (Å²) in [6.07, 6.45) is 1.43. The molecule has 0 spiro atoms. The van der Waals surface area contributed by atoms with Crippen LogP contribution in [0.25, 0.3) is 0 Å². The van der Waals surface area contributed by atoms with Gasteiger partial charge < -0.3 is 4.74 Å². The van der Waals surface area contributed by atoms with Crippen LogP contribution in [-0.4, -0.2) is 13.4 Å². The number of hydrogen-bond donors (Lipinski definition) is 1. The van der Waals surface area contributed by atoms with Gasteiger partial charge in [0.05, 0.1) is 0 Å². The molecule has 2 rings (SSSR count). The average molecular weight is 329 g/mol. The first-order valence-electron chi connectivity index (χ1n) is 4.88. The molecule has 1 heterocycles. The van der Waals surface area contributed by atoms with E-state index >= 15 is 0 Å². The molecule has 0 radical (unpaired) electrons. The van der Waals surface area contributed by atoms with Crippen molar-refractivity contribution in [1.82, 2.24) is 4.98 Å². The minimum Gasteiger partial charge on any atom is -0.438 e. The lowest BCUT2D eigenvalue weighted by molar-refractivity contribution is 0.447. The van der Waals surface area contributed by atoms with Gasteiger partial charge in [-0.1, -0.05) is 22.0 Å². The number of aromatic nitrogens is 1. The van der Waals surface area contributed by atoms with Gasteiger partial charge in [0.15, 0.2) is 0 Å². The van der Waals surface area contributed by atoms with Crippen LogP contribution >= 0.6 is 15.9 Å². The molecule has 0 amide bonds. The molecular weight excluding hydrogens is 320 g/mol. The number of sulfonamides is 1. The number of pyridine rings is 1. The molecule has 5 nitrogen and oxygen atoms in total. The Bertz CT molecular complexity index is 673. The van der Waals surface area contributed by atoms with Gasteiger partial charge in [-0.25, -0.2) is 18.5 Å². The highest BCUT2D eigenvalue weighted by molar-refractivity contribution is 9.10. The number of nitrogens with two attached hydrogens (primary N) is 1. The first kappa shape index (κ1) is 13.0. The summed E-state index contributed by atoms with van der Waals surface area (Å²) >= 11 is 3.29. The number of nitrogens with zero attached hydrogens (tertiary/aromatic N) is 1. The number of primary sulfonamides is 1. The fraction of sp³-hybridized carbons (Fsp3) is 0. The zero-order valence-corrected chi connectivity index (χ0v) is 11.5. The first-order valence-corrected chi connectivity index (χ1v) is 7.22. The van der Waals surface area contributed by atoms with E-state index in [0.717, 1.165) is 4.47 Å². The lowest BCUT2D eigenvalue weighted by Crippen LogP contribution is -2.13. The number of halogens is 1. The third-order valence-corrected chi connectivity index (χ3v) is 3.47. The normalized spacial score (nSPS) is 11.2. The summed E-state index contributed by atoms with van der Waals surface area (Å²) in [5.41, 5.74) is 0. The lowest BCUT2D eigenvalue weighted by Gasteiger charge is -2.08. The van der Waals surface area contributed by atoms with Crippen LogP contribution in [0.2, 0.25) is 0 Å². The van der Waals surface area contributed by atoms with Crippen LogP contribution in [0, 0.1) is 0 Å². The SMILES string of the molecule is NS(=O)(=O)c1cccnc1Oc1cccc(Br)c1. The topological polar surface area (TPSA) is 82.3 Å². The molecular formula is C11H9BrN2O3S. The van der Waals surface area contributed by atoms with Crippen molar-refractivity contribution in [2.45, 2.75) is 4.90 Å². The average Bonchev–Trinajstić information content (AvgIpc) is 2.28. The van der Waals surface area contributed by atoms with E-state index in [9.17, 15) is 8.42 Å². The van der Waals surface area contributed by atoms with Crippen LogP contribution in [0.3, 0.4) is 0 Å². The van der Waals surface area contributed by atoms with E-state index in [-0.39, 0.29) is 10.8 Å². The highest BCUT2D eigenvalue weighted by Crippen LogP contribution is 2.27. The molecule has 18 heavy (non-hydrogen) atoms. The molecule has 1 aromatic heterocycles. The number of hydrogen-bond acceptors (Lipinski definition) is 4. The molecule has 0 unspecified atom stereocenters. The quantitative estimate of drug-likeness (QED) is 0.936. The largest absolute Gasteiger partial charge is 0.438 e. The summed E-state index contributed by atoms with van der Waals surface area (Å²) in [5.74, 6) is 0.422. The lowest BCUT2D eigenvalue weighted by atomic mass is 10.3. The molecule has 0 atom stereocenters. The molecule has 0 aliphatic rings. The third-order valence-electron chi connectivity index (χ3n) is 2.05. The standard InChI is InChI=1S/C11H9BrN2O3S/c12-8-3-1-4-9(7-8)17-11-10(18(13,15)16)5-2-6-14-11/h1-7H,(H2,13,15,16). The minimum atomic E-state index is -3.86. The van der Waals surface area contributed by atoms with Crippen molar-refractivity contribution < 1.29 is 13.2 Å². The first-order chi connectivity index (χ1) is 8.47. The molecule has 0 aliphatic carbocycles. The molecule has 1 aromatic carbocycles. The van der Waals surface area contributed by atoms with Crippen molar-refractivity contribution >= 4 is 26.0 Å². The molecule has 0 aliphatic heterocycles. The van der Waals surface area contributed by atoms with Crippen molar-refractivity contribution in [3.8, 4) is 11.6 Å². The summed E-state index contributed by atoms with van der Waals surface area (Å²) in [7, 11) is -3.86. The predicted molar refractivity (Wildman–Crippen MR) is 69.8 cm³/mol. The van der Waals surface area contributed by atoms with Crippen LogP contribution in [0.15, 0.2) is 52.0 Å². The van der Waals surface area contributed by atoms with Gasteiger partial charge in [0.1, 0.15) is 10.6 Å². The van der Waals surface area contributed by atoms with E-state index in [1.807, 2.05) is 6.07 Å². The van der Waals surface area contributed by atoms with Crippen LogP contribution in [-0.2, 0) is 10.0 Å². The molecule has 0 fully saturated rings. The summed E-state index contributed by atoms with van der Waals surface area (Å²) in [6, 6.07) is 9.79. The summed E-state index contributed by atoms with van der Waals surface area (Å²) < 4.78 is 28.9. The molecule has 0 bridgehead atoms. The Morgan fingerprint density at radius 3 is 2.67 bits per heavy atom. The second-order valence-electron chi connectivity index (χ2n) is 3.41. The zero-order chi connectivity index (χ0) is 13.2. The van der Waals surface area contributed by atoms with Crippen LogP contribution < -0.4 is 9.88 Å². The monoisotopic (exact) mass is 328 g/mol. The number of ether oxygens (including phenoxy) is 1. The zero-order valence-electron chi connectivity index (χ0n) is 9.08. The molecule has 0 saturated heterocycles. The maximum atomic E-state index is 11.4. The van der Waals surface area contributed by atoms with E-state index in [0.29, 0.717) is 5.75 Å². The van der Waals surface area contributed by atoms with Gasteiger partial charge in [-0.15, -0.1) is 0 Å². The van der Waals surface area contributed by atoms with Crippen molar-refractivity contribution in [3.63, 3.8) is 0 Å². The Morgan fingerprint density at radius 1 is 1.22 bits per heavy atom. The van der Waals surface area contributed by atoms with Crippen LogP contribution in [0.5, 0.6) is 11.6 Å². The van der Waals surface area contributed by atoms with E-state index in [1.165, 1.54) is 18.3 Å². The van der Waals surface area contributed by atoms with E-state index in [2.05, 4.69) is 20.9 Å². The van der Waals surface area contributed by atoms with Crippen molar-refractivity contribution in [2.24, 2.45) is 5.14 Å². The van der Waals surface area contributed by atoms with Gasteiger partial charge in [0, 0.05) is 10.7 Å². The van der Waals surface area contributed by atoms with Crippen molar-refractivity contribution in [1.29, 1.82) is 0 Å². The minimum absolute atomic E-state index is 0.0434. The van der Waals surface area contributed by atoms with Gasteiger partial charge in [-0.3, -0.25) is 0 Å². The summed E-state index contributed by atoms with van der Waals surface area (Å²) in [6.45, 7) is 0. The Balaban J connectivity index is 2.41. The molecule has 2 N–H and O–H groups in total. The van der Waals surface area contributed by atoms with Gasteiger partial charge in [-0.05, 0) is 30.3 Å². The smallest absolute Gasteiger partial charge is 0.243 e. The fourth-order valence-corrected chi connectivity index (χ4v) is 2.30. The molecule has 7 heteroatoms. The van der Waals surface area contributed by atoms with Crippen molar-refractivity contribution in [3.05, 3.63) is 47.1 Å². The maximum Gasteiger partial charge on any atom is 0.243 e. The van der Waals surface area contributed by atoms with Gasteiger partial charge in [0.2, 0.25) is 15.9 Å². The van der Waals surface area contributed by atoms with E-state index < -0.39 is 10.0 Å². The number of benzene rings is 1. The van der Waals surface area contributed by atoms with Gasteiger partial charge in [0.25, 0.3) is 0 Å². The predicted octanol–water partition coefficient (Wildman–Crippen LogP) is 2.28. The second kappa shape index (κ2) is 5.05. The number of rotatable bonds is 3. The third kappa shape index (κ3) is 3.06. The Morgan fingerprint density at radius 2 is 2.00 bits per heavy atom. The van der Waals surface area contributed by atoms with Crippen LogP contribution in [0.4, 0.5) is 0 Å². The molecule has 94 valence electrons. The summed E-state index contributed by atoms with van der Waals surface area (Å²) in [5, 5.41) is 5.08. The highest BCUT2D eigenvalue weighted by atomic mass is 79.9. The van der Waals surface area contributed by atoms with Crippen LogP contribution in [0.1, 0.15) is 0 Å². The Kier molecular flexibility index (Phi) is 3.65. The highest BCUT2D eigenvalue weighted by Gasteiger charge is 2.16. The second-order valence-corrected chi connectivity index (χ2v) is 5.86. The molecule has 0 saturated carbocycles. The maximum absolute atomic E-state index is 11.4. The van der Waals surface area contributed by atoms with Gasteiger partial charge >= 0.3 is 0 Å². The van der Waals surface area contributed by atoms with E-state index in [4.69, 9.17) is 9.88 Å². The molecule has 2 aromatic rings. The fourth-order valence-electron chi connectivity index (χ4n) is 1.31. The van der Waals surface area contributed by atoms with Gasteiger partial charge in [-0.2, -0.15) is 0 Å².